The number of nitrogens with zero attached hydrogens (tertiary/aromatic N) is 2. The summed E-state index contributed by atoms with van der Waals surface area (Å²) in [5.41, 5.74) is 1.08. The molecule has 1 heterocycles. The highest BCUT2D eigenvalue weighted by Gasteiger charge is 2.11. The Morgan fingerprint density at radius 2 is 2.08 bits per heavy atom. The largest absolute Gasteiger partial charge is 1.00 e. The Balaban J connectivity index is 0.00000264. The van der Waals surface area contributed by atoms with Crippen molar-refractivity contribution in [2.24, 2.45) is 0 Å². The smallest absolute Gasteiger partial charge is 0.179 e. The van der Waals surface area contributed by atoms with Crippen molar-refractivity contribution in [3.05, 3.63) is 41.4 Å². The first kappa shape index (κ1) is 22.9. The van der Waals surface area contributed by atoms with Crippen molar-refractivity contribution in [3.8, 4) is 11.5 Å². The van der Waals surface area contributed by atoms with E-state index in [2.05, 4.69) is 14.9 Å². The topological polar surface area (TPSA) is 48.3 Å². The van der Waals surface area contributed by atoms with Crippen LogP contribution in [-0.2, 0) is 13.1 Å². The standard InChI is InChI=1S/C16H22ClN3O2.2ClH/c1-3-22-15-10-13(9-14(17)16(15)21-2)11-18-5-4-7-20-8-6-19-12-20;;/h6,8-10,12,18H,3-5,7,11H2,1-2H3;2*1H/p-2. The van der Waals surface area contributed by atoms with Gasteiger partial charge < -0.3 is 44.2 Å². The van der Waals surface area contributed by atoms with E-state index in [1.165, 1.54) is 0 Å². The molecule has 0 atom stereocenters. The van der Waals surface area contributed by atoms with Crippen molar-refractivity contribution in [1.82, 2.24) is 14.9 Å². The minimum atomic E-state index is 0. The lowest BCUT2D eigenvalue weighted by molar-refractivity contribution is -0.00100. The van der Waals surface area contributed by atoms with Gasteiger partial charge in [-0.25, -0.2) is 4.98 Å². The van der Waals surface area contributed by atoms with Crippen molar-refractivity contribution in [3.63, 3.8) is 0 Å². The van der Waals surface area contributed by atoms with Crippen molar-refractivity contribution in [2.75, 3.05) is 20.3 Å². The predicted octanol–water partition coefficient (Wildman–Crippen LogP) is -2.87. The number of rotatable bonds is 9. The first-order valence-corrected chi connectivity index (χ1v) is 7.78. The minimum absolute atomic E-state index is 0. The molecule has 0 amide bonds. The molecule has 2 rings (SSSR count). The normalized spacial score (nSPS) is 9.79. The summed E-state index contributed by atoms with van der Waals surface area (Å²) in [6.07, 6.45) is 6.63. The molecule has 1 aromatic carbocycles. The van der Waals surface area contributed by atoms with Crippen LogP contribution in [0.2, 0.25) is 5.02 Å². The van der Waals surface area contributed by atoms with Gasteiger partial charge in [-0.05, 0) is 37.6 Å². The molecule has 1 N–H and O–H groups in total. The molecule has 0 saturated carbocycles. The van der Waals surface area contributed by atoms with Gasteiger partial charge in [-0.3, -0.25) is 0 Å². The number of benzene rings is 1. The number of aromatic nitrogens is 2. The Morgan fingerprint density at radius 1 is 1.29 bits per heavy atom. The molecule has 0 unspecified atom stereocenters. The summed E-state index contributed by atoms with van der Waals surface area (Å²) in [7, 11) is 1.60. The Hall–Kier alpha value is -1.14. The van der Waals surface area contributed by atoms with Gasteiger partial charge in [0.25, 0.3) is 0 Å². The van der Waals surface area contributed by atoms with Crippen LogP contribution in [0, 0.1) is 0 Å². The van der Waals surface area contributed by atoms with Crippen LogP contribution in [-0.4, -0.2) is 29.8 Å². The summed E-state index contributed by atoms with van der Waals surface area (Å²) in [5, 5.41) is 3.98. The Bertz CT molecular complexity index is 580. The summed E-state index contributed by atoms with van der Waals surface area (Å²) in [4.78, 5) is 4.02. The van der Waals surface area contributed by atoms with Crippen LogP contribution in [0.1, 0.15) is 18.9 Å². The van der Waals surface area contributed by atoms with Crippen LogP contribution < -0.4 is 39.6 Å². The molecule has 8 heteroatoms. The van der Waals surface area contributed by atoms with E-state index in [9.17, 15) is 0 Å². The van der Waals surface area contributed by atoms with E-state index in [0.717, 1.165) is 31.6 Å². The number of methoxy groups -OCH3 is 1. The van der Waals surface area contributed by atoms with Gasteiger partial charge in [-0.15, -0.1) is 0 Å². The van der Waals surface area contributed by atoms with Crippen molar-refractivity contribution < 1.29 is 34.3 Å². The summed E-state index contributed by atoms with van der Waals surface area (Å²) < 4.78 is 12.9. The molecule has 24 heavy (non-hydrogen) atoms. The van der Waals surface area contributed by atoms with E-state index < -0.39 is 0 Å². The number of aryl methyl sites for hydroxylation is 1. The van der Waals surface area contributed by atoms with Gasteiger partial charge in [0.1, 0.15) is 0 Å². The third-order valence-electron chi connectivity index (χ3n) is 3.23. The maximum absolute atomic E-state index is 6.23. The first-order valence-electron chi connectivity index (χ1n) is 7.40. The lowest BCUT2D eigenvalue weighted by atomic mass is 10.2. The van der Waals surface area contributed by atoms with Crippen LogP contribution >= 0.6 is 11.6 Å². The number of halogens is 3. The summed E-state index contributed by atoms with van der Waals surface area (Å²) >= 11 is 6.23. The highest BCUT2D eigenvalue weighted by Crippen LogP contribution is 2.36. The number of nitrogens with one attached hydrogen (secondary N) is 1. The van der Waals surface area contributed by atoms with Crippen molar-refractivity contribution in [2.45, 2.75) is 26.4 Å². The average molecular weight is 395 g/mol. The highest BCUT2D eigenvalue weighted by molar-refractivity contribution is 6.32. The molecule has 0 aliphatic rings. The molecular formula is C16H22Cl3N3O2-2. The van der Waals surface area contributed by atoms with Gasteiger partial charge in [0, 0.05) is 25.5 Å². The zero-order chi connectivity index (χ0) is 15.8. The first-order chi connectivity index (χ1) is 10.7. The summed E-state index contributed by atoms with van der Waals surface area (Å²) in [5.74, 6) is 1.28. The van der Waals surface area contributed by atoms with Crippen LogP contribution in [0.5, 0.6) is 11.5 Å². The number of ether oxygens (including phenoxy) is 2. The predicted molar refractivity (Wildman–Crippen MR) is 87.7 cm³/mol. The van der Waals surface area contributed by atoms with Crippen LogP contribution in [0.15, 0.2) is 30.9 Å². The second-order valence-electron chi connectivity index (χ2n) is 4.87. The molecule has 0 fully saturated rings. The average Bonchev–Trinajstić information content (AvgIpc) is 3.00. The molecule has 0 bridgehead atoms. The molecule has 0 aliphatic carbocycles. The van der Waals surface area contributed by atoms with Gasteiger partial charge in [0.05, 0.1) is 25.1 Å². The molecule has 136 valence electrons. The minimum Gasteiger partial charge on any atom is -1.00 e. The molecule has 0 radical (unpaired) electrons. The maximum Gasteiger partial charge on any atom is 0.179 e. The lowest BCUT2D eigenvalue weighted by Crippen LogP contribution is -3.00. The van der Waals surface area contributed by atoms with E-state index >= 15 is 0 Å². The molecule has 0 aliphatic heterocycles. The van der Waals surface area contributed by atoms with Crippen molar-refractivity contribution >= 4 is 11.6 Å². The maximum atomic E-state index is 6.23. The molecule has 0 spiro atoms. The second-order valence-corrected chi connectivity index (χ2v) is 5.28. The van der Waals surface area contributed by atoms with Crippen LogP contribution in [0.25, 0.3) is 0 Å². The molecular weight excluding hydrogens is 373 g/mol. The molecule has 2 aromatic rings. The number of imidazole rings is 1. The van der Waals surface area contributed by atoms with Gasteiger partial charge >= 0.3 is 0 Å². The van der Waals surface area contributed by atoms with E-state index in [0.29, 0.717) is 23.1 Å². The van der Waals surface area contributed by atoms with Gasteiger partial charge in [-0.2, -0.15) is 0 Å². The lowest BCUT2D eigenvalue weighted by Gasteiger charge is -2.13. The Labute approximate surface area is 160 Å². The molecule has 0 saturated heterocycles. The van der Waals surface area contributed by atoms with Gasteiger partial charge in [0.15, 0.2) is 11.5 Å². The number of hydrogen-bond acceptors (Lipinski definition) is 4. The summed E-state index contributed by atoms with van der Waals surface area (Å²) in [6.45, 7) is 5.14. The second kappa shape index (κ2) is 12.3. The third kappa shape index (κ3) is 6.77. The zero-order valence-electron chi connectivity index (χ0n) is 13.8. The zero-order valence-corrected chi connectivity index (χ0v) is 16.0. The van der Waals surface area contributed by atoms with E-state index in [1.54, 1.807) is 13.3 Å². The third-order valence-corrected chi connectivity index (χ3v) is 3.51. The summed E-state index contributed by atoms with van der Waals surface area (Å²) in [6, 6.07) is 3.88. The number of hydrogen-bond donors (Lipinski definition) is 1. The van der Waals surface area contributed by atoms with Crippen molar-refractivity contribution in [1.29, 1.82) is 0 Å². The van der Waals surface area contributed by atoms with E-state index in [-0.39, 0.29) is 24.8 Å². The quantitative estimate of drug-likeness (QED) is 0.465. The fraction of sp³-hybridized carbons (Fsp3) is 0.438. The molecule has 5 nitrogen and oxygen atoms in total. The van der Waals surface area contributed by atoms with E-state index in [4.69, 9.17) is 21.1 Å². The SMILES string of the molecule is CCOc1cc(CNCCCn2ccnc2)cc(Cl)c1OC.[Cl-].[Cl-]. The Morgan fingerprint density at radius 3 is 2.71 bits per heavy atom. The fourth-order valence-electron chi connectivity index (χ4n) is 2.22. The fourth-order valence-corrected chi connectivity index (χ4v) is 2.53. The highest BCUT2D eigenvalue weighted by atomic mass is 35.5. The molecule has 1 aromatic heterocycles. The van der Waals surface area contributed by atoms with Crippen LogP contribution in [0.4, 0.5) is 0 Å². The van der Waals surface area contributed by atoms with Gasteiger partial charge in [-0.1, -0.05) is 11.6 Å². The monoisotopic (exact) mass is 393 g/mol. The Kier molecular flexibility index (Phi) is 11.7. The van der Waals surface area contributed by atoms with E-state index in [1.807, 2.05) is 31.6 Å². The van der Waals surface area contributed by atoms with Gasteiger partial charge in [0.2, 0.25) is 0 Å². The van der Waals surface area contributed by atoms with Crippen LogP contribution in [0.3, 0.4) is 0 Å².